The number of hydrogen-bond acceptors (Lipinski definition) is 7. The number of aromatic nitrogens is 6. The lowest BCUT2D eigenvalue weighted by Crippen LogP contribution is -2.55. The molecule has 1 fully saturated rings. The number of ether oxygens (including phenoxy) is 1. The summed E-state index contributed by atoms with van der Waals surface area (Å²) in [7, 11) is 1.28. The molecule has 3 aromatic heterocycles. The zero-order chi connectivity index (χ0) is 27.4. The van der Waals surface area contributed by atoms with Crippen LogP contribution in [-0.2, 0) is 11.3 Å². The molecule has 0 spiro atoms. The second kappa shape index (κ2) is 9.06. The van der Waals surface area contributed by atoms with Crippen molar-refractivity contribution in [2.45, 2.75) is 44.7 Å². The standard InChI is InChI=1S/C23H23F5N8O2/c1-12(37)34-7-6-17(23(27,28)11-34)29-21-30-20(38-3)19-18(14(24)9-35(19)32-21)13-4-5-15-16(8-13)36(33-31-15)10-22(2,25)26/h4-5,8-9,17H,6-7,10-11H2,1-3H3,(H,29,32)/t17-/m1/s1. The summed E-state index contributed by atoms with van der Waals surface area (Å²) < 4.78 is 79.4. The molecular weight excluding hydrogens is 515 g/mol. The fraction of sp³-hybridized carbons (Fsp3) is 0.435. The molecule has 202 valence electrons. The van der Waals surface area contributed by atoms with E-state index in [0.717, 1.165) is 27.2 Å². The minimum atomic E-state index is -3.26. The van der Waals surface area contributed by atoms with E-state index in [4.69, 9.17) is 4.74 Å². The number of nitrogens with one attached hydrogen (secondary N) is 1. The summed E-state index contributed by atoms with van der Waals surface area (Å²) in [4.78, 5) is 16.8. The lowest BCUT2D eigenvalue weighted by Gasteiger charge is -2.38. The molecule has 1 amide bonds. The second-order valence-electron chi connectivity index (χ2n) is 9.30. The molecule has 1 saturated heterocycles. The number of anilines is 1. The summed E-state index contributed by atoms with van der Waals surface area (Å²) >= 11 is 0. The highest BCUT2D eigenvalue weighted by atomic mass is 19.3. The number of fused-ring (bicyclic) bond motifs is 2. The molecule has 1 N–H and O–H groups in total. The van der Waals surface area contributed by atoms with E-state index >= 15 is 4.39 Å². The van der Waals surface area contributed by atoms with Crippen LogP contribution in [0.2, 0.25) is 0 Å². The first-order chi connectivity index (χ1) is 17.9. The van der Waals surface area contributed by atoms with Crippen molar-refractivity contribution < 1.29 is 31.5 Å². The first-order valence-corrected chi connectivity index (χ1v) is 11.6. The van der Waals surface area contributed by atoms with Gasteiger partial charge >= 0.3 is 0 Å². The number of carbonyl (C=O) groups excluding carboxylic acids is 1. The molecule has 1 aromatic carbocycles. The van der Waals surface area contributed by atoms with Gasteiger partial charge in [-0.25, -0.2) is 31.1 Å². The predicted molar refractivity (Wildman–Crippen MR) is 126 cm³/mol. The van der Waals surface area contributed by atoms with Crippen LogP contribution in [0.5, 0.6) is 5.88 Å². The van der Waals surface area contributed by atoms with E-state index in [9.17, 15) is 22.4 Å². The van der Waals surface area contributed by atoms with Gasteiger partial charge in [-0.05, 0) is 24.1 Å². The van der Waals surface area contributed by atoms with Crippen molar-refractivity contribution >= 4 is 28.4 Å². The smallest absolute Gasteiger partial charge is 0.285 e. The molecule has 38 heavy (non-hydrogen) atoms. The van der Waals surface area contributed by atoms with E-state index in [0.29, 0.717) is 11.1 Å². The minimum absolute atomic E-state index is 0.0198. The summed E-state index contributed by atoms with van der Waals surface area (Å²) in [6.45, 7) is 0.637. The Morgan fingerprint density at radius 3 is 2.74 bits per heavy atom. The van der Waals surface area contributed by atoms with Gasteiger partial charge in [0, 0.05) is 20.4 Å². The van der Waals surface area contributed by atoms with Crippen molar-refractivity contribution in [3.63, 3.8) is 0 Å². The van der Waals surface area contributed by atoms with E-state index in [2.05, 4.69) is 25.7 Å². The monoisotopic (exact) mass is 538 g/mol. The Morgan fingerprint density at radius 1 is 1.32 bits per heavy atom. The zero-order valence-corrected chi connectivity index (χ0v) is 20.6. The van der Waals surface area contributed by atoms with Crippen LogP contribution in [0.25, 0.3) is 27.7 Å². The lowest BCUT2D eigenvalue weighted by atomic mass is 10.0. The molecular formula is C23H23F5N8O2. The highest BCUT2D eigenvalue weighted by Crippen LogP contribution is 2.36. The van der Waals surface area contributed by atoms with Crippen LogP contribution >= 0.6 is 0 Å². The number of halogens is 5. The SMILES string of the molecule is COc1nc(N[C@@H]2CCN(C(C)=O)CC2(F)F)nn2cc(F)c(-c3ccc4nnn(CC(C)(F)F)c4c3)c12. The Morgan fingerprint density at radius 2 is 2.08 bits per heavy atom. The number of amides is 1. The average molecular weight is 538 g/mol. The van der Waals surface area contributed by atoms with E-state index in [1.807, 2.05) is 0 Å². The van der Waals surface area contributed by atoms with Crippen molar-refractivity contribution in [2.24, 2.45) is 0 Å². The normalized spacial score (nSPS) is 17.8. The van der Waals surface area contributed by atoms with Crippen molar-refractivity contribution in [3.05, 3.63) is 30.2 Å². The van der Waals surface area contributed by atoms with Gasteiger partial charge in [0.15, 0.2) is 5.82 Å². The number of piperidine rings is 1. The van der Waals surface area contributed by atoms with E-state index < -0.39 is 42.7 Å². The van der Waals surface area contributed by atoms with Crippen molar-refractivity contribution in [3.8, 4) is 17.0 Å². The summed E-state index contributed by atoms with van der Waals surface area (Å²) in [6, 6.07) is 3.16. The second-order valence-corrected chi connectivity index (χ2v) is 9.30. The van der Waals surface area contributed by atoms with Gasteiger partial charge in [-0.2, -0.15) is 4.98 Å². The van der Waals surface area contributed by atoms with Gasteiger partial charge in [0.05, 0.1) is 37.0 Å². The fourth-order valence-electron chi connectivity index (χ4n) is 4.54. The average Bonchev–Trinajstić information content (AvgIpc) is 3.37. The molecule has 1 aliphatic rings. The summed E-state index contributed by atoms with van der Waals surface area (Å²) in [5, 5.41) is 14.4. The number of benzene rings is 1. The Bertz CT molecular complexity index is 1530. The van der Waals surface area contributed by atoms with E-state index in [-0.39, 0.29) is 41.4 Å². The van der Waals surface area contributed by atoms with Crippen LogP contribution in [0.15, 0.2) is 24.4 Å². The number of likely N-dealkylation sites (tertiary alicyclic amines) is 1. The molecule has 10 nitrogen and oxygen atoms in total. The molecule has 0 saturated carbocycles. The molecule has 0 unspecified atom stereocenters. The molecule has 1 atom stereocenters. The van der Waals surface area contributed by atoms with E-state index in [1.165, 1.54) is 26.2 Å². The third-order valence-corrected chi connectivity index (χ3v) is 6.32. The molecule has 1 aliphatic heterocycles. The summed E-state index contributed by atoms with van der Waals surface area (Å²) in [5.41, 5.74) is 1.03. The number of rotatable bonds is 6. The number of carbonyl (C=O) groups is 1. The first kappa shape index (κ1) is 25.6. The van der Waals surface area contributed by atoms with Gasteiger partial charge in [0.1, 0.15) is 17.6 Å². The Balaban J connectivity index is 1.52. The summed E-state index contributed by atoms with van der Waals surface area (Å²) in [6.07, 6.45) is 0.983. The molecule has 0 radical (unpaired) electrons. The highest BCUT2D eigenvalue weighted by molar-refractivity contribution is 5.89. The van der Waals surface area contributed by atoms with Crippen molar-refractivity contribution in [1.82, 2.24) is 34.5 Å². The van der Waals surface area contributed by atoms with Crippen LogP contribution < -0.4 is 10.1 Å². The highest BCUT2D eigenvalue weighted by Gasteiger charge is 2.46. The molecule has 0 aliphatic carbocycles. The molecule has 4 aromatic rings. The van der Waals surface area contributed by atoms with Crippen molar-refractivity contribution in [2.75, 3.05) is 25.5 Å². The largest absolute Gasteiger partial charge is 0.479 e. The number of nitrogens with zero attached hydrogens (tertiary/aromatic N) is 7. The number of alkyl halides is 4. The molecule has 5 rings (SSSR count). The maximum atomic E-state index is 15.3. The van der Waals surface area contributed by atoms with Gasteiger partial charge in [0.25, 0.3) is 11.8 Å². The van der Waals surface area contributed by atoms with Crippen LogP contribution in [-0.4, -0.2) is 78.5 Å². The molecule has 0 bridgehead atoms. The maximum Gasteiger partial charge on any atom is 0.285 e. The third-order valence-electron chi connectivity index (χ3n) is 6.32. The van der Waals surface area contributed by atoms with Crippen LogP contribution in [0.4, 0.5) is 27.9 Å². The van der Waals surface area contributed by atoms with Crippen molar-refractivity contribution in [1.29, 1.82) is 0 Å². The fourth-order valence-corrected chi connectivity index (χ4v) is 4.54. The molecule has 15 heteroatoms. The van der Waals surface area contributed by atoms with Crippen LogP contribution in [0.3, 0.4) is 0 Å². The quantitative estimate of drug-likeness (QED) is 0.374. The van der Waals surface area contributed by atoms with Gasteiger partial charge in [0.2, 0.25) is 17.7 Å². The van der Waals surface area contributed by atoms with Gasteiger partial charge in [-0.1, -0.05) is 11.3 Å². The lowest BCUT2D eigenvalue weighted by molar-refractivity contribution is -0.140. The van der Waals surface area contributed by atoms with E-state index in [1.54, 1.807) is 6.07 Å². The third kappa shape index (κ3) is 4.67. The van der Waals surface area contributed by atoms with Gasteiger partial charge in [-0.3, -0.25) is 4.79 Å². The Hall–Kier alpha value is -4.04. The van der Waals surface area contributed by atoms with Crippen LogP contribution in [0.1, 0.15) is 20.3 Å². The van der Waals surface area contributed by atoms with Gasteiger partial charge in [-0.15, -0.1) is 10.2 Å². The summed E-state index contributed by atoms with van der Waals surface area (Å²) in [5.74, 6) is -7.81. The first-order valence-electron chi connectivity index (χ1n) is 11.6. The molecule has 4 heterocycles. The predicted octanol–water partition coefficient (Wildman–Crippen LogP) is 3.61. The Labute approximate surface area is 212 Å². The zero-order valence-electron chi connectivity index (χ0n) is 20.6. The minimum Gasteiger partial charge on any atom is -0.479 e. The maximum absolute atomic E-state index is 15.3. The number of hydrogen-bond donors (Lipinski definition) is 1. The van der Waals surface area contributed by atoms with Crippen LogP contribution in [0, 0.1) is 5.82 Å². The topological polar surface area (TPSA) is 102 Å². The van der Waals surface area contributed by atoms with Gasteiger partial charge < -0.3 is 15.0 Å². The Kier molecular flexibility index (Phi) is 6.10. The number of methoxy groups -OCH3 is 1.